The van der Waals surface area contributed by atoms with E-state index < -0.39 is 0 Å². The lowest BCUT2D eigenvalue weighted by molar-refractivity contribution is 0.263. The van der Waals surface area contributed by atoms with Crippen LogP contribution in [-0.4, -0.2) is 17.8 Å². The van der Waals surface area contributed by atoms with Crippen molar-refractivity contribution >= 4 is 11.6 Å². The van der Waals surface area contributed by atoms with Gasteiger partial charge in [0.1, 0.15) is 0 Å². The zero-order valence-corrected chi connectivity index (χ0v) is 10.3. The first kappa shape index (κ1) is 11.9. The molecule has 88 valence electrons. The fourth-order valence-electron chi connectivity index (χ4n) is 2.37. The zero-order valence-electron chi connectivity index (χ0n) is 9.54. The van der Waals surface area contributed by atoms with Crippen LogP contribution in [0.15, 0.2) is 18.2 Å². The maximum absolute atomic E-state index is 8.89. The van der Waals surface area contributed by atoms with Gasteiger partial charge in [-0.3, -0.25) is 0 Å². The second kappa shape index (κ2) is 5.17. The van der Waals surface area contributed by atoms with E-state index in [1.807, 2.05) is 6.07 Å². The van der Waals surface area contributed by atoms with Gasteiger partial charge >= 0.3 is 0 Å². The summed E-state index contributed by atoms with van der Waals surface area (Å²) < 4.78 is 0. The molecule has 0 spiro atoms. The first-order valence-corrected chi connectivity index (χ1v) is 6.23. The van der Waals surface area contributed by atoms with Crippen LogP contribution in [0.25, 0.3) is 0 Å². The third-order valence-corrected chi connectivity index (χ3v) is 3.47. The van der Waals surface area contributed by atoms with Crippen molar-refractivity contribution in [3.8, 4) is 0 Å². The Labute approximate surface area is 102 Å². The molecule has 0 aliphatic heterocycles. The number of fused-ring (bicyclic) bond motifs is 1. The molecule has 0 saturated heterocycles. The highest BCUT2D eigenvalue weighted by Crippen LogP contribution is 2.33. The predicted molar refractivity (Wildman–Crippen MR) is 66.8 cm³/mol. The molecular weight excluding hydrogens is 222 g/mol. The van der Waals surface area contributed by atoms with Gasteiger partial charge in [0.2, 0.25) is 0 Å². The van der Waals surface area contributed by atoms with Crippen LogP contribution in [0, 0.1) is 0 Å². The van der Waals surface area contributed by atoms with Crippen molar-refractivity contribution in [2.75, 3.05) is 6.61 Å². The average Bonchev–Trinajstić information content (AvgIpc) is 2.61. The third-order valence-electron chi connectivity index (χ3n) is 3.23. The van der Waals surface area contributed by atoms with Crippen molar-refractivity contribution < 1.29 is 5.11 Å². The van der Waals surface area contributed by atoms with Crippen LogP contribution in [0.2, 0.25) is 5.02 Å². The van der Waals surface area contributed by atoms with Crippen molar-refractivity contribution in [3.05, 3.63) is 34.3 Å². The Morgan fingerprint density at radius 2 is 2.38 bits per heavy atom. The number of nitrogens with one attached hydrogen (secondary N) is 1. The van der Waals surface area contributed by atoms with Crippen molar-refractivity contribution in [1.82, 2.24) is 5.32 Å². The summed E-state index contributed by atoms with van der Waals surface area (Å²) in [7, 11) is 0. The molecule has 3 heteroatoms. The van der Waals surface area contributed by atoms with Crippen molar-refractivity contribution in [2.24, 2.45) is 0 Å². The lowest BCUT2D eigenvalue weighted by Crippen LogP contribution is -2.30. The number of rotatable bonds is 4. The molecule has 0 radical (unpaired) electrons. The van der Waals surface area contributed by atoms with Crippen LogP contribution in [0.1, 0.15) is 36.9 Å². The molecule has 0 fully saturated rings. The molecule has 2 rings (SSSR count). The Bertz CT molecular complexity index is 367. The van der Waals surface area contributed by atoms with Crippen molar-refractivity contribution in [1.29, 1.82) is 0 Å². The number of aryl methyl sites for hydroxylation is 1. The highest BCUT2D eigenvalue weighted by molar-refractivity contribution is 6.30. The van der Waals surface area contributed by atoms with Gasteiger partial charge in [0.25, 0.3) is 0 Å². The van der Waals surface area contributed by atoms with Crippen molar-refractivity contribution in [2.45, 2.75) is 38.3 Å². The standard InChI is InChI=1S/C13H18ClNO/c1-9(6-7-16)15-13-5-3-10-2-4-11(14)8-12(10)13/h2,4,8-9,13,15-16H,3,5-7H2,1H3/t9-,13?/m1/s1. The topological polar surface area (TPSA) is 32.3 Å². The fourth-order valence-corrected chi connectivity index (χ4v) is 2.55. The van der Waals surface area contributed by atoms with Crippen LogP contribution in [0.4, 0.5) is 0 Å². The lowest BCUT2D eigenvalue weighted by Gasteiger charge is -2.19. The Balaban J connectivity index is 2.08. The summed E-state index contributed by atoms with van der Waals surface area (Å²) in [5.74, 6) is 0. The maximum Gasteiger partial charge on any atom is 0.0445 e. The summed E-state index contributed by atoms with van der Waals surface area (Å²) in [5.41, 5.74) is 2.73. The molecule has 1 aromatic rings. The second-order valence-corrected chi connectivity index (χ2v) is 4.95. The molecule has 0 amide bonds. The van der Waals surface area contributed by atoms with Crippen LogP contribution < -0.4 is 5.32 Å². The average molecular weight is 240 g/mol. The van der Waals surface area contributed by atoms with Gasteiger partial charge in [0.15, 0.2) is 0 Å². The van der Waals surface area contributed by atoms with E-state index in [-0.39, 0.29) is 6.61 Å². The van der Waals surface area contributed by atoms with E-state index in [1.54, 1.807) is 0 Å². The molecule has 2 nitrogen and oxygen atoms in total. The largest absolute Gasteiger partial charge is 0.396 e. The van der Waals surface area contributed by atoms with E-state index >= 15 is 0 Å². The molecule has 0 saturated carbocycles. The minimum atomic E-state index is 0.239. The van der Waals surface area contributed by atoms with Gasteiger partial charge in [0, 0.05) is 23.7 Å². The van der Waals surface area contributed by atoms with E-state index in [0.717, 1.165) is 24.3 Å². The number of hydrogen-bond acceptors (Lipinski definition) is 2. The summed E-state index contributed by atoms with van der Waals surface area (Å²) in [4.78, 5) is 0. The SMILES string of the molecule is C[C@H](CCO)NC1CCc2ccc(Cl)cc21. The molecular formula is C13H18ClNO. The summed E-state index contributed by atoms with van der Waals surface area (Å²) in [6.07, 6.45) is 3.05. The quantitative estimate of drug-likeness (QED) is 0.847. The lowest BCUT2D eigenvalue weighted by atomic mass is 10.1. The van der Waals surface area contributed by atoms with E-state index in [4.69, 9.17) is 16.7 Å². The van der Waals surface area contributed by atoms with Gasteiger partial charge in [-0.15, -0.1) is 0 Å². The summed E-state index contributed by atoms with van der Waals surface area (Å²) >= 11 is 6.02. The predicted octanol–water partition coefficient (Wildman–Crippen LogP) is 2.69. The third kappa shape index (κ3) is 2.57. The summed E-state index contributed by atoms with van der Waals surface area (Å²) in [5, 5.41) is 13.2. The number of benzene rings is 1. The van der Waals surface area contributed by atoms with Gasteiger partial charge in [-0.25, -0.2) is 0 Å². The summed E-state index contributed by atoms with van der Waals surface area (Å²) in [6.45, 7) is 2.35. The van der Waals surface area contributed by atoms with E-state index in [0.29, 0.717) is 12.1 Å². The molecule has 0 bridgehead atoms. The number of aliphatic hydroxyl groups excluding tert-OH is 1. The summed E-state index contributed by atoms with van der Waals surface area (Å²) in [6, 6.07) is 6.89. The van der Waals surface area contributed by atoms with Gasteiger partial charge in [0.05, 0.1) is 0 Å². The number of hydrogen-bond donors (Lipinski definition) is 2. The highest BCUT2D eigenvalue weighted by atomic mass is 35.5. The molecule has 1 unspecified atom stereocenters. The molecule has 1 aliphatic rings. The van der Waals surface area contributed by atoms with Gasteiger partial charge in [-0.05, 0) is 49.4 Å². The maximum atomic E-state index is 8.89. The molecule has 0 heterocycles. The van der Waals surface area contributed by atoms with E-state index in [2.05, 4.69) is 24.4 Å². The molecule has 2 N–H and O–H groups in total. The van der Waals surface area contributed by atoms with E-state index in [9.17, 15) is 0 Å². The highest BCUT2D eigenvalue weighted by Gasteiger charge is 2.23. The normalized spacial score (nSPS) is 20.8. The Morgan fingerprint density at radius 1 is 1.56 bits per heavy atom. The zero-order chi connectivity index (χ0) is 11.5. The number of aliphatic hydroxyl groups is 1. The first-order valence-electron chi connectivity index (χ1n) is 5.86. The van der Waals surface area contributed by atoms with Crippen LogP contribution in [-0.2, 0) is 6.42 Å². The smallest absolute Gasteiger partial charge is 0.0445 e. The number of halogens is 1. The van der Waals surface area contributed by atoms with Crippen LogP contribution >= 0.6 is 11.6 Å². The second-order valence-electron chi connectivity index (χ2n) is 4.51. The van der Waals surface area contributed by atoms with E-state index in [1.165, 1.54) is 11.1 Å². The van der Waals surface area contributed by atoms with Gasteiger partial charge < -0.3 is 10.4 Å². The molecule has 0 aromatic heterocycles. The van der Waals surface area contributed by atoms with Gasteiger partial charge in [-0.1, -0.05) is 17.7 Å². The Hall–Kier alpha value is -0.570. The minimum Gasteiger partial charge on any atom is -0.396 e. The molecule has 1 aromatic carbocycles. The molecule has 1 aliphatic carbocycles. The van der Waals surface area contributed by atoms with Crippen molar-refractivity contribution in [3.63, 3.8) is 0 Å². The Kier molecular flexibility index (Phi) is 3.85. The van der Waals surface area contributed by atoms with Crippen LogP contribution in [0.5, 0.6) is 0 Å². The Morgan fingerprint density at radius 3 is 3.12 bits per heavy atom. The monoisotopic (exact) mass is 239 g/mol. The molecule has 16 heavy (non-hydrogen) atoms. The first-order chi connectivity index (χ1) is 7.70. The molecule has 2 atom stereocenters. The fraction of sp³-hybridized carbons (Fsp3) is 0.538. The minimum absolute atomic E-state index is 0.239. The van der Waals surface area contributed by atoms with Gasteiger partial charge in [-0.2, -0.15) is 0 Å². The van der Waals surface area contributed by atoms with Crippen LogP contribution in [0.3, 0.4) is 0 Å².